The molecule has 1 heterocycles. The van der Waals surface area contributed by atoms with Gasteiger partial charge in [0, 0.05) is 11.1 Å². The highest BCUT2D eigenvalue weighted by Crippen LogP contribution is 2.35. The molecule has 4 nitrogen and oxygen atoms in total. The van der Waals surface area contributed by atoms with Crippen molar-refractivity contribution in [3.63, 3.8) is 0 Å². The second-order valence-electron chi connectivity index (χ2n) is 13.3. The molecule has 9 rings (SSSR count). The minimum Gasteiger partial charge on any atom is -0.268 e. The van der Waals surface area contributed by atoms with Gasteiger partial charge in [-0.15, -0.1) is 0 Å². The van der Waals surface area contributed by atoms with E-state index in [-0.39, 0.29) is 5.56 Å². The van der Waals surface area contributed by atoms with Gasteiger partial charge >= 0.3 is 5.69 Å². The van der Waals surface area contributed by atoms with Gasteiger partial charge in [-0.3, -0.25) is 9.36 Å². The van der Waals surface area contributed by atoms with Crippen LogP contribution in [0.15, 0.2) is 216 Å². The molecule has 9 aromatic rings. The summed E-state index contributed by atoms with van der Waals surface area (Å²) >= 11 is 0. The van der Waals surface area contributed by atoms with Crippen molar-refractivity contribution in [3.05, 3.63) is 227 Å². The molecule has 1 aromatic heterocycles. The molecule has 0 amide bonds. The van der Waals surface area contributed by atoms with Crippen molar-refractivity contribution in [2.45, 2.75) is 0 Å². The average Bonchev–Trinajstić information content (AvgIpc) is 3.25. The summed E-state index contributed by atoms with van der Waals surface area (Å²) in [6.07, 6.45) is 0. The maximum atomic E-state index is 15.1. The standard InChI is InChI=1S/C50H34N2O2/c53-49-45-34-39(42-32-40(35-17-5-1-6-18-35)31-41(33-42)36-19-7-2-8-20-36)29-30-48(45)51(46-27-15-13-25-43(46)37-21-9-3-10-22-37)50(54)52(49)47-28-16-14-26-44(47)38-23-11-4-12-24-38/h1-34H. The molecular formula is C50H34N2O2. The van der Waals surface area contributed by atoms with Crippen LogP contribution in [0.3, 0.4) is 0 Å². The minimum atomic E-state index is -0.440. The van der Waals surface area contributed by atoms with E-state index in [1.54, 1.807) is 4.57 Å². The molecule has 0 spiro atoms. The topological polar surface area (TPSA) is 44.0 Å². The van der Waals surface area contributed by atoms with Crippen molar-refractivity contribution in [2.24, 2.45) is 0 Å². The summed E-state index contributed by atoms with van der Waals surface area (Å²) < 4.78 is 3.03. The van der Waals surface area contributed by atoms with Crippen molar-refractivity contribution in [1.82, 2.24) is 9.13 Å². The summed E-state index contributed by atoms with van der Waals surface area (Å²) in [5.41, 5.74) is 10.7. The third-order valence-corrected chi connectivity index (χ3v) is 9.99. The molecule has 0 saturated heterocycles. The van der Waals surface area contributed by atoms with Crippen molar-refractivity contribution >= 4 is 10.9 Å². The van der Waals surface area contributed by atoms with Crippen LogP contribution < -0.4 is 11.2 Å². The number of benzene rings is 8. The van der Waals surface area contributed by atoms with Crippen LogP contribution >= 0.6 is 0 Å². The van der Waals surface area contributed by atoms with Crippen LogP contribution in [0.25, 0.3) is 77.9 Å². The van der Waals surface area contributed by atoms with Crippen LogP contribution in [0.5, 0.6) is 0 Å². The van der Waals surface area contributed by atoms with Crippen molar-refractivity contribution in [3.8, 4) is 67.0 Å². The van der Waals surface area contributed by atoms with E-state index in [4.69, 9.17) is 0 Å². The molecule has 0 aliphatic rings. The second kappa shape index (κ2) is 14.0. The van der Waals surface area contributed by atoms with Crippen LogP contribution in [-0.4, -0.2) is 9.13 Å². The van der Waals surface area contributed by atoms with Gasteiger partial charge in [0.15, 0.2) is 0 Å². The molecule has 4 heteroatoms. The Morgan fingerprint density at radius 3 is 1.17 bits per heavy atom. The summed E-state index contributed by atoms with van der Waals surface area (Å²) in [6.45, 7) is 0. The van der Waals surface area contributed by atoms with Gasteiger partial charge in [-0.1, -0.05) is 164 Å². The number of para-hydroxylation sites is 2. The Bertz CT molecular complexity index is 2840. The van der Waals surface area contributed by atoms with E-state index < -0.39 is 5.69 Å². The summed E-state index contributed by atoms with van der Waals surface area (Å²) in [5, 5.41) is 0.434. The summed E-state index contributed by atoms with van der Waals surface area (Å²) in [6, 6.07) is 68.5. The minimum absolute atomic E-state index is 0.379. The van der Waals surface area contributed by atoms with Gasteiger partial charge in [0.25, 0.3) is 5.56 Å². The third kappa shape index (κ3) is 5.96. The van der Waals surface area contributed by atoms with E-state index >= 15 is 4.79 Å². The molecule has 0 aliphatic heterocycles. The normalized spacial score (nSPS) is 11.1. The van der Waals surface area contributed by atoms with E-state index in [1.807, 2.05) is 164 Å². The molecule has 0 saturated carbocycles. The first-order valence-corrected chi connectivity index (χ1v) is 18.0. The fraction of sp³-hybridized carbons (Fsp3) is 0. The van der Waals surface area contributed by atoms with Crippen LogP contribution in [0, 0.1) is 0 Å². The SMILES string of the molecule is O=c1c2cc(-c3cc(-c4ccccc4)cc(-c4ccccc4)c3)ccc2n(-c2ccccc2-c2ccccc2)c(=O)n1-c1ccccc1-c1ccccc1. The Kier molecular flexibility index (Phi) is 8.46. The van der Waals surface area contributed by atoms with Crippen LogP contribution in [-0.2, 0) is 0 Å². The van der Waals surface area contributed by atoms with Gasteiger partial charge in [0.2, 0.25) is 0 Å². The zero-order chi connectivity index (χ0) is 36.4. The molecule has 0 N–H and O–H groups in total. The summed E-state index contributed by atoms with van der Waals surface area (Å²) in [5.74, 6) is 0. The second-order valence-corrected chi connectivity index (χ2v) is 13.3. The maximum Gasteiger partial charge on any atom is 0.340 e. The van der Waals surface area contributed by atoms with Gasteiger partial charge in [-0.25, -0.2) is 9.36 Å². The fourth-order valence-electron chi connectivity index (χ4n) is 7.39. The number of hydrogen-bond donors (Lipinski definition) is 0. The van der Waals surface area contributed by atoms with E-state index in [9.17, 15) is 4.79 Å². The molecule has 8 aromatic carbocycles. The molecule has 0 unspecified atom stereocenters. The molecule has 0 fully saturated rings. The first kappa shape index (κ1) is 32.6. The zero-order valence-electron chi connectivity index (χ0n) is 29.3. The van der Waals surface area contributed by atoms with E-state index in [2.05, 4.69) is 42.5 Å². The van der Waals surface area contributed by atoms with Crippen molar-refractivity contribution in [1.29, 1.82) is 0 Å². The smallest absolute Gasteiger partial charge is 0.268 e. The molecule has 0 atom stereocenters. The monoisotopic (exact) mass is 694 g/mol. The highest BCUT2D eigenvalue weighted by atomic mass is 16.2. The zero-order valence-corrected chi connectivity index (χ0v) is 29.3. The lowest BCUT2D eigenvalue weighted by molar-refractivity contribution is 0.836. The van der Waals surface area contributed by atoms with Gasteiger partial charge < -0.3 is 0 Å². The Labute approximate surface area is 313 Å². The Balaban J connectivity index is 1.35. The van der Waals surface area contributed by atoms with E-state index in [0.717, 1.165) is 55.6 Å². The number of nitrogens with zero attached hydrogens (tertiary/aromatic N) is 2. The molecule has 0 aliphatic carbocycles. The van der Waals surface area contributed by atoms with Crippen LogP contribution in [0.1, 0.15) is 0 Å². The lowest BCUT2D eigenvalue weighted by atomic mass is 9.93. The Morgan fingerprint density at radius 1 is 0.296 bits per heavy atom. The predicted molar refractivity (Wildman–Crippen MR) is 222 cm³/mol. The molecule has 0 bridgehead atoms. The number of hydrogen-bond acceptors (Lipinski definition) is 2. The van der Waals surface area contributed by atoms with Gasteiger partial charge in [0.05, 0.1) is 22.3 Å². The van der Waals surface area contributed by atoms with Gasteiger partial charge in [-0.2, -0.15) is 0 Å². The maximum absolute atomic E-state index is 15.1. The van der Waals surface area contributed by atoms with Gasteiger partial charge in [0.1, 0.15) is 0 Å². The number of aromatic nitrogens is 2. The Hall–Kier alpha value is -7.30. The van der Waals surface area contributed by atoms with Crippen molar-refractivity contribution < 1.29 is 0 Å². The third-order valence-electron chi connectivity index (χ3n) is 9.99. The van der Waals surface area contributed by atoms with Crippen LogP contribution in [0.2, 0.25) is 0 Å². The summed E-state index contributed by atoms with van der Waals surface area (Å²) in [4.78, 5) is 30.0. The lowest BCUT2D eigenvalue weighted by Crippen LogP contribution is -2.38. The largest absolute Gasteiger partial charge is 0.340 e. The first-order chi connectivity index (χ1) is 26.6. The van der Waals surface area contributed by atoms with E-state index in [0.29, 0.717) is 22.3 Å². The highest BCUT2D eigenvalue weighted by molar-refractivity contribution is 5.90. The lowest BCUT2D eigenvalue weighted by Gasteiger charge is -2.19. The van der Waals surface area contributed by atoms with E-state index in [1.165, 1.54) is 4.57 Å². The number of rotatable bonds is 7. The Morgan fingerprint density at radius 2 is 0.685 bits per heavy atom. The molecule has 256 valence electrons. The van der Waals surface area contributed by atoms with Crippen molar-refractivity contribution in [2.75, 3.05) is 0 Å². The highest BCUT2D eigenvalue weighted by Gasteiger charge is 2.21. The van der Waals surface area contributed by atoms with Gasteiger partial charge in [-0.05, 0) is 87.0 Å². The quantitative estimate of drug-likeness (QED) is 0.167. The average molecular weight is 695 g/mol. The molecular weight excluding hydrogens is 661 g/mol. The fourth-order valence-corrected chi connectivity index (χ4v) is 7.39. The molecule has 0 radical (unpaired) electrons. The molecule has 54 heavy (non-hydrogen) atoms. The summed E-state index contributed by atoms with van der Waals surface area (Å²) in [7, 11) is 0. The first-order valence-electron chi connectivity index (χ1n) is 18.0. The van der Waals surface area contributed by atoms with Crippen LogP contribution in [0.4, 0.5) is 0 Å². The number of fused-ring (bicyclic) bond motifs is 1. The predicted octanol–water partition coefficient (Wildman–Crippen LogP) is 11.5.